The molecule has 0 bridgehead atoms. The van der Waals surface area contributed by atoms with Gasteiger partial charge in [0.05, 0.1) is 12.2 Å². The number of hydrogen-bond acceptors (Lipinski definition) is 4. The van der Waals surface area contributed by atoms with Gasteiger partial charge in [0.15, 0.2) is 0 Å². The molecule has 0 aliphatic heterocycles. The summed E-state index contributed by atoms with van der Waals surface area (Å²) in [6.07, 6.45) is 0. The van der Waals surface area contributed by atoms with Gasteiger partial charge in [0.25, 0.3) is 0 Å². The van der Waals surface area contributed by atoms with E-state index in [0.717, 1.165) is 4.47 Å². The molecule has 0 aliphatic rings. The van der Waals surface area contributed by atoms with Crippen molar-refractivity contribution in [3.8, 4) is 0 Å². The molecule has 0 unspecified atom stereocenters. The third-order valence-corrected chi connectivity index (χ3v) is 3.44. The topological polar surface area (TPSA) is 84.5 Å². The van der Waals surface area contributed by atoms with Crippen LogP contribution in [-0.4, -0.2) is 24.4 Å². The highest BCUT2D eigenvalue weighted by molar-refractivity contribution is 9.10. The molecule has 2 rings (SSSR count). The molecule has 0 saturated carbocycles. The summed E-state index contributed by atoms with van der Waals surface area (Å²) in [5.41, 5.74) is 1.27. The molecule has 0 heterocycles. The van der Waals surface area contributed by atoms with Crippen molar-refractivity contribution in [1.82, 2.24) is 0 Å². The molecular weight excluding hydrogens is 376 g/mol. The van der Waals surface area contributed by atoms with E-state index in [2.05, 4.69) is 26.6 Å². The van der Waals surface area contributed by atoms with Crippen molar-refractivity contribution < 1.29 is 19.1 Å². The number of amides is 2. The quantitative estimate of drug-likeness (QED) is 0.619. The number of anilines is 2. The standard InChI is InChI=1S/C17H15BrN2O4/c1-2-24-17(23)11-6-8-13(9-7-11)19-15(21)16(22)20-14-5-3-4-12(18)10-14/h3-10H,2H2,1H3,(H,19,21)(H,20,22). The fraction of sp³-hybridized carbons (Fsp3) is 0.118. The molecule has 0 fully saturated rings. The molecule has 0 saturated heterocycles. The summed E-state index contributed by atoms with van der Waals surface area (Å²) >= 11 is 3.28. The summed E-state index contributed by atoms with van der Waals surface area (Å²) in [6, 6.07) is 13.0. The summed E-state index contributed by atoms with van der Waals surface area (Å²) < 4.78 is 5.66. The monoisotopic (exact) mass is 390 g/mol. The Bertz CT molecular complexity index is 759. The molecule has 2 N–H and O–H groups in total. The first kappa shape index (κ1) is 17.7. The average molecular weight is 391 g/mol. The molecule has 0 aromatic heterocycles. The second kappa shape index (κ2) is 8.26. The highest BCUT2D eigenvalue weighted by atomic mass is 79.9. The van der Waals surface area contributed by atoms with Gasteiger partial charge in [-0.25, -0.2) is 4.79 Å². The van der Waals surface area contributed by atoms with Crippen molar-refractivity contribution in [2.24, 2.45) is 0 Å². The van der Waals surface area contributed by atoms with Gasteiger partial charge in [-0.15, -0.1) is 0 Å². The van der Waals surface area contributed by atoms with Crippen LogP contribution in [-0.2, 0) is 14.3 Å². The molecule has 2 aromatic carbocycles. The zero-order chi connectivity index (χ0) is 17.5. The van der Waals surface area contributed by atoms with E-state index in [9.17, 15) is 14.4 Å². The second-order valence-electron chi connectivity index (χ2n) is 4.72. The SMILES string of the molecule is CCOC(=O)c1ccc(NC(=O)C(=O)Nc2cccc(Br)c2)cc1. The largest absolute Gasteiger partial charge is 0.462 e. The lowest BCUT2D eigenvalue weighted by Crippen LogP contribution is -2.29. The van der Waals surface area contributed by atoms with E-state index < -0.39 is 17.8 Å². The van der Waals surface area contributed by atoms with Gasteiger partial charge in [0.1, 0.15) is 0 Å². The molecule has 2 aromatic rings. The lowest BCUT2D eigenvalue weighted by atomic mass is 10.2. The van der Waals surface area contributed by atoms with Crippen molar-refractivity contribution in [2.45, 2.75) is 6.92 Å². The lowest BCUT2D eigenvalue weighted by Gasteiger charge is -2.07. The molecular formula is C17H15BrN2O4. The molecule has 0 aliphatic carbocycles. The Morgan fingerprint density at radius 2 is 1.58 bits per heavy atom. The van der Waals surface area contributed by atoms with Crippen molar-refractivity contribution in [3.63, 3.8) is 0 Å². The van der Waals surface area contributed by atoms with Crippen molar-refractivity contribution in [1.29, 1.82) is 0 Å². The first-order valence-corrected chi connectivity index (χ1v) is 7.94. The predicted octanol–water partition coefficient (Wildman–Crippen LogP) is 3.20. The Labute approximate surface area is 147 Å². The van der Waals surface area contributed by atoms with Gasteiger partial charge in [-0.3, -0.25) is 9.59 Å². The highest BCUT2D eigenvalue weighted by Crippen LogP contribution is 2.16. The van der Waals surface area contributed by atoms with Crippen LogP contribution in [0.2, 0.25) is 0 Å². The minimum atomic E-state index is -0.807. The molecule has 24 heavy (non-hydrogen) atoms. The molecule has 0 atom stereocenters. The summed E-state index contributed by atoms with van der Waals surface area (Å²) in [7, 11) is 0. The van der Waals surface area contributed by atoms with Crippen molar-refractivity contribution >= 4 is 45.1 Å². The van der Waals surface area contributed by atoms with E-state index in [-0.39, 0.29) is 6.61 Å². The third-order valence-electron chi connectivity index (χ3n) is 2.94. The predicted molar refractivity (Wildman–Crippen MR) is 93.8 cm³/mol. The van der Waals surface area contributed by atoms with Crippen LogP contribution in [0.15, 0.2) is 53.0 Å². The van der Waals surface area contributed by atoms with E-state index in [1.165, 1.54) is 24.3 Å². The first-order chi connectivity index (χ1) is 11.5. The number of carbonyl (C=O) groups excluding carboxylic acids is 3. The van der Waals surface area contributed by atoms with Gasteiger partial charge in [0, 0.05) is 15.8 Å². The number of benzene rings is 2. The van der Waals surface area contributed by atoms with E-state index >= 15 is 0 Å². The van der Waals surface area contributed by atoms with Gasteiger partial charge >= 0.3 is 17.8 Å². The highest BCUT2D eigenvalue weighted by Gasteiger charge is 2.14. The fourth-order valence-electron chi connectivity index (χ4n) is 1.85. The third kappa shape index (κ3) is 4.92. The van der Waals surface area contributed by atoms with Crippen LogP contribution in [0, 0.1) is 0 Å². The number of ether oxygens (including phenoxy) is 1. The van der Waals surface area contributed by atoms with Crippen LogP contribution in [0.25, 0.3) is 0 Å². The zero-order valence-corrected chi connectivity index (χ0v) is 14.4. The number of halogens is 1. The van der Waals surface area contributed by atoms with Gasteiger partial charge in [-0.05, 0) is 49.4 Å². The molecule has 0 radical (unpaired) electrons. The number of hydrogen-bond donors (Lipinski definition) is 2. The van der Waals surface area contributed by atoms with Gasteiger partial charge in [0.2, 0.25) is 0 Å². The Hall–Kier alpha value is -2.67. The summed E-state index contributed by atoms with van der Waals surface area (Å²) in [5.74, 6) is -2.04. The molecule has 6 nitrogen and oxygen atoms in total. The average Bonchev–Trinajstić information content (AvgIpc) is 2.55. The minimum Gasteiger partial charge on any atom is -0.462 e. The van der Waals surface area contributed by atoms with E-state index in [1.54, 1.807) is 31.2 Å². The van der Waals surface area contributed by atoms with E-state index in [4.69, 9.17) is 4.74 Å². The summed E-state index contributed by atoms with van der Waals surface area (Å²) in [6.45, 7) is 2.00. The zero-order valence-electron chi connectivity index (χ0n) is 12.8. The van der Waals surface area contributed by atoms with Crippen molar-refractivity contribution in [3.05, 3.63) is 58.6 Å². The van der Waals surface area contributed by atoms with Crippen LogP contribution in [0.1, 0.15) is 17.3 Å². The maximum atomic E-state index is 11.9. The number of nitrogens with one attached hydrogen (secondary N) is 2. The summed E-state index contributed by atoms with van der Waals surface area (Å²) in [5, 5.41) is 4.95. The molecule has 7 heteroatoms. The Kier molecular flexibility index (Phi) is 6.08. The smallest absolute Gasteiger partial charge is 0.338 e. The summed E-state index contributed by atoms with van der Waals surface area (Å²) in [4.78, 5) is 35.3. The number of carbonyl (C=O) groups is 3. The molecule has 0 spiro atoms. The first-order valence-electron chi connectivity index (χ1n) is 7.14. The minimum absolute atomic E-state index is 0.285. The van der Waals surface area contributed by atoms with Gasteiger partial charge < -0.3 is 15.4 Å². The van der Waals surface area contributed by atoms with E-state index in [1.807, 2.05) is 0 Å². The lowest BCUT2D eigenvalue weighted by molar-refractivity contribution is -0.132. The number of esters is 1. The Morgan fingerprint density at radius 1 is 0.958 bits per heavy atom. The second-order valence-corrected chi connectivity index (χ2v) is 5.63. The van der Waals surface area contributed by atoms with Crippen LogP contribution >= 0.6 is 15.9 Å². The Morgan fingerprint density at radius 3 is 2.17 bits per heavy atom. The Balaban J connectivity index is 1.96. The maximum Gasteiger partial charge on any atom is 0.338 e. The molecule has 124 valence electrons. The van der Waals surface area contributed by atoms with Gasteiger partial charge in [-0.1, -0.05) is 22.0 Å². The fourth-order valence-corrected chi connectivity index (χ4v) is 2.25. The van der Waals surface area contributed by atoms with Crippen LogP contribution in [0.4, 0.5) is 11.4 Å². The van der Waals surface area contributed by atoms with Gasteiger partial charge in [-0.2, -0.15) is 0 Å². The number of rotatable bonds is 4. The normalized spacial score (nSPS) is 9.92. The van der Waals surface area contributed by atoms with Crippen molar-refractivity contribution in [2.75, 3.05) is 17.2 Å². The van der Waals surface area contributed by atoms with Crippen LogP contribution < -0.4 is 10.6 Å². The van der Waals surface area contributed by atoms with E-state index in [0.29, 0.717) is 16.9 Å². The molecule has 2 amide bonds. The van der Waals surface area contributed by atoms with Crippen LogP contribution in [0.3, 0.4) is 0 Å². The van der Waals surface area contributed by atoms with Crippen LogP contribution in [0.5, 0.6) is 0 Å². The maximum absolute atomic E-state index is 11.9.